The Kier molecular flexibility index (Phi) is 4.61. The number of Topliss-reactive ketones (excluding diaryl/α,β-unsaturated/α-hetero) is 1. The summed E-state index contributed by atoms with van der Waals surface area (Å²) < 4.78 is 0. The number of hydrogen-bond acceptors (Lipinski definition) is 4. The van der Waals surface area contributed by atoms with Crippen molar-refractivity contribution in [2.75, 3.05) is 30.7 Å². The van der Waals surface area contributed by atoms with Crippen LogP contribution in [0.5, 0.6) is 0 Å². The topological polar surface area (TPSA) is 75.4 Å². The second-order valence-electron chi connectivity index (χ2n) is 5.15. The van der Waals surface area contributed by atoms with Gasteiger partial charge in [0.25, 0.3) is 0 Å². The number of hydrogen-bond donors (Lipinski definition) is 2. The Labute approximate surface area is 119 Å². The lowest BCUT2D eigenvalue weighted by Crippen LogP contribution is -2.39. The van der Waals surface area contributed by atoms with E-state index in [1.807, 2.05) is 4.90 Å². The Morgan fingerprint density at radius 1 is 1.25 bits per heavy atom. The fourth-order valence-corrected chi connectivity index (χ4v) is 2.40. The molecule has 0 spiro atoms. The zero-order valence-corrected chi connectivity index (χ0v) is 11.8. The molecule has 5 heteroatoms. The summed E-state index contributed by atoms with van der Waals surface area (Å²) in [7, 11) is 0. The number of nitrogens with zero attached hydrogens (tertiary/aromatic N) is 1. The average Bonchev–Trinajstić information content (AvgIpc) is 2.46. The summed E-state index contributed by atoms with van der Waals surface area (Å²) in [4.78, 5) is 25.3. The molecule has 108 valence electrons. The van der Waals surface area contributed by atoms with Gasteiger partial charge < -0.3 is 16.0 Å². The van der Waals surface area contributed by atoms with Crippen LogP contribution < -0.4 is 11.1 Å². The van der Waals surface area contributed by atoms with Gasteiger partial charge >= 0.3 is 0 Å². The summed E-state index contributed by atoms with van der Waals surface area (Å²) in [5.41, 5.74) is 7.43. The standard InChI is InChI=1S/C15H21N3O2/c1-11(19)13-9-12(5-6-14(13)16)17-10-15(20)18-7-3-2-4-8-18/h5-6,9,17H,2-4,7-8,10,16H2,1H3. The highest BCUT2D eigenvalue weighted by Gasteiger charge is 2.16. The summed E-state index contributed by atoms with van der Waals surface area (Å²) in [5, 5.41) is 3.07. The quantitative estimate of drug-likeness (QED) is 0.650. The van der Waals surface area contributed by atoms with Gasteiger partial charge in [-0.3, -0.25) is 9.59 Å². The molecule has 1 aliphatic heterocycles. The van der Waals surface area contributed by atoms with Crippen molar-refractivity contribution in [3.8, 4) is 0 Å². The van der Waals surface area contributed by atoms with Gasteiger partial charge in [0.2, 0.25) is 5.91 Å². The van der Waals surface area contributed by atoms with E-state index in [0.717, 1.165) is 31.6 Å². The number of nitrogens with two attached hydrogens (primary N) is 1. The Balaban J connectivity index is 1.95. The first-order valence-electron chi connectivity index (χ1n) is 7.00. The fraction of sp³-hybridized carbons (Fsp3) is 0.467. The first kappa shape index (κ1) is 14.4. The molecule has 0 unspecified atom stereocenters. The van der Waals surface area contributed by atoms with Crippen molar-refractivity contribution < 1.29 is 9.59 Å². The van der Waals surface area contributed by atoms with Crippen molar-refractivity contribution in [3.63, 3.8) is 0 Å². The van der Waals surface area contributed by atoms with Crippen molar-refractivity contribution in [3.05, 3.63) is 23.8 Å². The van der Waals surface area contributed by atoms with Gasteiger partial charge in [0, 0.05) is 30.0 Å². The Bertz CT molecular complexity index is 508. The van der Waals surface area contributed by atoms with Crippen molar-refractivity contribution in [1.29, 1.82) is 0 Å². The van der Waals surface area contributed by atoms with E-state index in [1.165, 1.54) is 13.3 Å². The largest absolute Gasteiger partial charge is 0.398 e. The molecule has 5 nitrogen and oxygen atoms in total. The van der Waals surface area contributed by atoms with Crippen LogP contribution in [0.2, 0.25) is 0 Å². The van der Waals surface area contributed by atoms with Crippen LogP contribution in [0.3, 0.4) is 0 Å². The molecular formula is C15H21N3O2. The Morgan fingerprint density at radius 2 is 1.95 bits per heavy atom. The third kappa shape index (κ3) is 3.50. The average molecular weight is 275 g/mol. The van der Waals surface area contributed by atoms with Gasteiger partial charge in [0.05, 0.1) is 6.54 Å². The molecule has 1 saturated heterocycles. The van der Waals surface area contributed by atoms with Gasteiger partial charge in [-0.05, 0) is 44.4 Å². The van der Waals surface area contributed by atoms with Crippen LogP contribution in [0.4, 0.5) is 11.4 Å². The molecule has 1 aromatic rings. The lowest BCUT2D eigenvalue weighted by molar-refractivity contribution is -0.130. The molecule has 1 fully saturated rings. The van der Waals surface area contributed by atoms with E-state index >= 15 is 0 Å². The smallest absolute Gasteiger partial charge is 0.241 e. The molecular weight excluding hydrogens is 254 g/mol. The van der Waals surface area contributed by atoms with E-state index < -0.39 is 0 Å². The maximum absolute atomic E-state index is 12.0. The number of anilines is 2. The number of benzene rings is 1. The maximum atomic E-state index is 12.0. The summed E-state index contributed by atoms with van der Waals surface area (Å²) in [6, 6.07) is 5.16. The monoisotopic (exact) mass is 275 g/mol. The number of nitrogen functional groups attached to an aromatic ring is 1. The number of amides is 1. The summed E-state index contributed by atoms with van der Waals surface area (Å²) in [6.45, 7) is 3.43. The summed E-state index contributed by atoms with van der Waals surface area (Å²) in [5.74, 6) is 0.0272. The number of carbonyl (C=O) groups is 2. The van der Waals surface area contributed by atoms with Crippen LogP contribution in [-0.4, -0.2) is 36.2 Å². The first-order valence-corrected chi connectivity index (χ1v) is 7.00. The molecule has 0 aliphatic carbocycles. The van der Waals surface area contributed by atoms with E-state index in [9.17, 15) is 9.59 Å². The summed E-state index contributed by atoms with van der Waals surface area (Å²) >= 11 is 0. The second kappa shape index (κ2) is 6.41. The number of nitrogens with one attached hydrogen (secondary N) is 1. The molecule has 0 radical (unpaired) electrons. The van der Waals surface area contributed by atoms with E-state index in [4.69, 9.17) is 5.73 Å². The van der Waals surface area contributed by atoms with Crippen molar-refractivity contribution in [1.82, 2.24) is 4.90 Å². The van der Waals surface area contributed by atoms with Crippen LogP contribution in [-0.2, 0) is 4.79 Å². The molecule has 1 heterocycles. The molecule has 1 aromatic carbocycles. The van der Waals surface area contributed by atoms with E-state index in [1.54, 1.807) is 18.2 Å². The third-order valence-corrected chi connectivity index (χ3v) is 3.59. The zero-order valence-electron chi connectivity index (χ0n) is 11.8. The highest BCUT2D eigenvalue weighted by Crippen LogP contribution is 2.18. The minimum absolute atomic E-state index is 0.0755. The predicted octanol–water partition coefficient (Wildman–Crippen LogP) is 1.90. The van der Waals surface area contributed by atoms with Crippen LogP contribution in [0.1, 0.15) is 36.5 Å². The van der Waals surface area contributed by atoms with Crippen molar-refractivity contribution in [2.24, 2.45) is 0 Å². The van der Waals surface area contributed by atoms with Crippen LogP contribution in [0.25, 0.3) is 0 Å². The van der Waals surface area contributed by atoms with Crippen molar-refractivity contribution in [2.45, 2.75) is 26.2 Å². The number of piperidine rings is 1. The third-order valence-electron chi connectivity index (χ3n) is 3.59. The van der Waals surface area contributed by atoms with Gasteiger partial charge in [-0.25, -0.2) is 0 Å². The van der Waals surface area contributed by atoms with E-state index in [2.05, 4.69) is 5.32 Å². The number of carbonyl (C=O) groups excluding carboxylic acids is 2. The molecule has 1 aliphatic rings. The predicted molar refractivity (Wildman–Crippen MR) is 79.8 cm³/mol. The van der Waals surface area contributed by atoms with Crippen LogP contribution in [0.15, 0.2) is 18.2 Å². The second-order valence-corrected chi connectivity index (χ2v) is 5.15. The zero-order chi connectivity index (χ0) is 14.5. The van der Waals surface area contributed by atoms with E-state index in [0.29, 0.717) is 11.3 Å². The minimum Gasteiger partial charge on any atom is -0.398 e. The minimum atomic E-state index is -0.0755. The van der Waals surface area contributed by atoms with Gasteiger partial charge in [-0.2, -0.15) is 0 Å². The normalized spacial score (nSPS) is 14.9. The molecule has 0 aromatic heterocycles. The summed E-state index contributed by atoms with van der Waals surface area (Å²) in [6.07, 6.45) is 3.38. The molecule has 3 N–H and O–H groups in total. The molecule has 20 heavy (non-hydrogen) atoms. The number of likely N-dealkylation sites (tertiary alicyclic amines) is 1. The van der Waals surface area contributed by atoms with Crippen molar-refractivity contribution >= 4 is 23.1 Å². The Morgan fingerprint density at radius 3 is 2.60 bits per heavy atom. The molecule has 0 atom stereocenters. The SMILES string of the molecule is CC(=O)c1cc(NCC(=O)N2CCCCC2)ccc1N. The molecule has 2 rings (SSSR count). The van der Waals surface area contributed by atoms with Gasteiger partial charge in [-0.1, -0.05) is 0 Å². The first-order chi connectivity index (χ1) is 9.58. The lowest BCUT2D eigenvalue weighted by atomic mass is 10.1. The highest BCUT2D eigenvalue weighted by molar-refractivity contribution is 6.00. The van der Waals surface area contributed by atoms with Gasteiger partial charge in [0.1, 0.15) is 0 Å². The van der Waals surface area contributed by atoms with Gasteiger partial charge in [-0.15, -0.1) is 0 Å². The van der Waals surface area contributed by atoms with Crippen LogP contribution >= 0.6 is 0 Å². The number of ketones is 1. The van der Waals surface area contributed by atoms with E-state index in [-0.39, 0.29) is 18.2 Å². The Hall–Kier alpha value is -2.04. The molecule has 0 bridgehead atoms. The lowest BCUT2D eigenvalue weighted by Gasteiger charge is -2.27. The molecule has 1 amide bonds. The van der Waals surface area contributed by atoms with Gasteiger partial charge in [0.15, 0.2) is 5.78 Å². The van der Waals surface area contributed by atoms with Crippen LogP contribution in [0, 0.1) is 0 Å². The molecule has 0 saturated carbocycles. The fourth-order valence-electron chi connectivity index (χ4n) is 2.40. The maximum Gasteiger partial charge on any atom is 0.241 e. The number of rotatable bonds is 4. The highest BCUT2D eigenvalue weighted by atomic mass is 16.2.